The van der Waals surface area contributed by atoms with E-state index in [1.165, 1.54) is 17.0 Å². The standard InChI is InChI=1S/C31H37Cl2N3O4S/c1-5-18-34-31(38)29(6-2)35(20-23-12-17-27(32)28(33)19-23)30(37)21-36(25-15-13-24(14-16-25)22(3)4)41(39,40)26-10-8-7-9-11-26/h7-17,19,22,29H,5-6,18,20-21H2,1-4H3,(H,34,38)/t29-/m0/s1. The van der Waals surface area contributed by atoms with Gasteiger partial charge in [0.1, 0.15) is 12.6 Å². The van der Waals surface area contributed by atoms with E-state index in [0.29, 0.717) is 34.3 Å². The maximum absolute atomic E-state index is 14.1. The van der Waals surface area contributed by atoms with Crippen LogP contribution in [0.25, 0.3) is 0 Å². The summed E-state index contributed by atoms with van der Waals surface area (Å²) in [6.45, 7) is 7.85. The lowest BCUT2D eigenvalue weighted by Crippen LogP contribution is -2.52. The molecule has 0 saturated carbocycles. The van der Waals surface area contributed by atoms with Crippen LogP contribution >= 0.6 is 23.2 Å². The summed E-state index contributed by atoms with van der Waals surface area (Å²) in [6, 6.07) is 19.3. The summed E-state index contributed by atoms with van der Waals surface area (Å²) >= 11 is 12.3. The smallest absolute Gasteiger partial charge is 0.264 e. The van der Waals surface area contributed by atoms with E-state index in [1.807, 2.05) is 39.8 Å². The molecule has 1 N–H and O–H groups in total. The van der Waals surface area contributed by atoms with Crippen LogP contribution in [0.3, 0.4) is 0 Å². The van der Waals surface area contributed by atoms with Gasteiger partial charge in [-0.2, -0.15) is 0 Å². The Kier molecular flexibility index (Phi) is 11.6. The first kappa shape index (κ1) is 32.4. The van der Waals surface area contributed by atoms with E-state index < -0.39 is 28.5 Å². The third kappa shape index (κ3) is 8.24. The number of carbonyl (C=O) groups is 2. The van der Waals surface area contributed by atoms with E-state index >= 15 is 0 Å². The van der Waals surface area contributed by atoms with Gasteiger partial charge in [0.15, 0.2) is 0 Å². The topological polar surface area (TPSA) is 86.8 Å². The molecule has 3 aromatic carbocycles. The Morgan fingerprint density at radius 2 is 1.56 bits per heavy atom. The maximum atomic E-state index is 14.1. The van der Waals surface area contributed by atoms with Crippen LogP contribution in [0, 0.1) is 0 Å². The van der Waals surface area contributed by atoms with Crippen molar-refractivity contribution in [3.8, 4) is 0 Å². The molecule has 3 rings (SSSR count). The molecule has 220 valence electrons. The fraction of sp³-hybridized carbons (Fsp3) is 0.355. The van der Waals surface area contributed by atoms with Crippen LogP contribution in [0.4, 0.5) is 5.69 Å². The highest BCUT2D eigenvalue weighted by Crippen LogP contribution is 2.28. The normalized spacial score (nSPS) is 12.2. The van der Waals surface area contributed by atoms with E-state index in [1.54, 1.807) is 48.5 Å². The third-order valence-corrected chi connectivity index (χ3v) is 9.26. The Hall–Kier alpha value is -3.07. The Bertz CT molecular complexity index is 1430. The number of carbonyl (C=O) groups excluding carboxylic acids is 2. The molecule has 10 heteroatoms. The van der Waals surface area contributed by atoms with Crippen molar-refractivity contribution in [3.05, 3.63) is 94.0 Å². The number of amides is 2. The predicted octanol–water partition coefficient (Wildman–Crippen LogP) is 6.65. The predicted molar refractivity (Wildman–Crippen MR) is 166 cm³/mol. The molecule has 0 aromatic heterocycles. The number of nitrogens with one attached hydrogen (secondary N) is 1. The van der Waals surface area contributed by atoms with Crippen LogP contribution in [-0.2, 0) is 26.2 Å². The SMILES string of the molecule is CCCNC(=O)[C@H](CC)N(Cc1ccc(Cl)c(Cl)c1)C(=O)CN(c1ccc(C(C)C)cc1)S(=O)(=O)c1ccccc1. The molecule has 0 saturated heterocycles. The number of hydrogen-bond donors (Lipinski definition) is 1. The lowest BCUT2D eigenvalue weighted by atomic mass is 10.0. The van der Waals surface area contributed by atoms with Gasteiger partial charge in [-0.05, 0) is 66.3 Å². The average Bonchev–Trinajstić information content (AvgIpc) is 2.96. The monoisotopic (exact) mass is 617 g/mol. The zero-order valence-corrected chi connectivity index (χ0v) is 26.1. The minimum atomic E-state index is -4.12. The van der Waals surface area contributed by atoms with Gasteiger partial charge >= 0.3 is 0 Å². The molecule has 7 nitrogen and oxygen atoms in total. The summed E-state index contributed by atoms with van der Waals surface area (Å²) in [5.41, 5.74) is 2.05. The second-order valence-corrected chi connectivity index (χ2v) is 12.7. The molecule has 0 bridgehead atoms. The fourth-order valence-electron chi connectivity index (χ4n) is 4.39. The van der Waals surface area contributed by atoms with Crippen LogP contribution in [0.1, 0.15) is 57.6 Å². The van der Waals surface area contributed by atoms with E-state index in [-0.39, 0.29) is 23.3 Å². The number of hydrogen-bond acceptors (Lipinski definition) is 4. The van der Waals surface area contributed by atoms with Crippen molar-refractivity contribution >= 4 is 50.7 Å². The molecule has 0 aliphatic carbocycles. The highest BCUT2D eigenvalue weighted by Gasteiger charge is 2.33. The minimum Gasteiger partial charge on any atom is -0.354 e. The molecule has 0 unspecified atom stereocenters. The molecule has 0 radical (unpaired) electrons. The van der Waals surface area contributed by atoms with Gasteiger partial charge in [-0.1, -0.05) is 87.3 Å². The van der Waals surface area contributed by atoms with E-state index in [0.717, 1.165) is 16.3 Å². The zero-order chi connectivity index (χ0) is 30.2. The average molecular weight is 619 g/mol. The molecule has 0 aliphatic rings. The van der Waals surface area contributed by atoms with Gasteiger partial charge in [0.2, 0.25) is 11.8 Å². The second-order valence-electron chi connectivity index (χ2n) is 10.1. The molecule has 1 atom stereocenters. The molecule has 3 aromatic rings. The first-order valence-corrected chi connectivity index (χ1v) is 15.9. The lowest BCUT2D eigenvalue weighted by Gasteiger charge is -2.33. The minimum absolute atomic E-state index is 0.0410. The highest BCUT2D eigenvalue weighted by atomic mass is 35.5. The van der Waals surface area contributed by atoms with Crippen molar-refractivity contribution in [1.82, 2.24) is 10.2 Å². The van der Waals surface area contributed by atoms with Crippen molar-refractivity contribution in [2.45, 2.75) is 63.9 Å². The van der Waals surface area contributed by atoms with Gasteiger partial charge in [-0.3, -0.25) is 13.9 Å². The van der Waals surface area contributed by atoms with Gasteiger partial charge in [0.05, 0.1) is 20.6 Å². The number of halogens is 2. The quantitative estimate of drug-likeness (QED) is 0.233. The summed E-state index contributed by atoms with van der Waals surface area (Å²) in [5.74, 6) is -0.581. The number of anilines is 1. The number of sulfonamides is 1. The van der Waals surface area contributed by atoms with Gasteiger partial charge in [-0.15, -0.1) is 0 Å². The number of benzene rings is 3. The molecule has 0 spiro atoms. The summed E-state index contributed by atoms with van der Waals surface area (Å²) in [6.07, 6.45) is 1.06. The van der Waals surface area contributed by atoms with Crippen LogP contribution in [0.15, 0.2) is 77.7 Å². The second kappa shape index (κ2) is 14.7. The first-order valence-electron chi connectivity index (χ1n) is 13.7. The Balaban J connectivity index is 2.06. The summed E-state index contributed by atoms with van der Waals surface area (Å²) < 4.78 is 28.9. The fourth-order valence-corrected chi connectivity index (χ4v) is 6.15. The van der Waals surface area contributed by atoms with Crippen molar-refractivity contribution in [2.24, 2.45) is 0 Å². The van der Waals surface area contributed by atoms with Crippen molar-refractivity contribution in [3.63, 3.8) is 0 Å². The summed E-state index contributed by atoms with van der Waals surface area (Å²) in [4.78, 5) is 28.8. The van der Waals surface area contributed by atoms with E-state index in [9.17, 15) is 18.0 Å². The molecule has 41 heavy (non-hydrogen) atoms. The van der Waals surface area contributed by atoms with Crippen LogP contribution in [0.2, 0.25) is 10.0 Å². The third-order valence-electron chi connectivity index (χ3n) is 6.73. The van der Waals surface area contributed by atoms with E-state index in [4.69, 9.17) is 23.2 Å². The molecular weight excluding hydrogens is 581 g/mol. The van der Waals surface area contributed by atoms with Crippen molar-refractivity contribution in [2.75, 3.05) is 17.4 Å². The molecule has 0 aliphatic heterocycles. The number of nitrogens with zero attached hydrogens (tertiary/aromatic N) is 2. The van der Waals surface area contributed by atoms with Crippen molar-refractivity contribution < 1.29 is 18.0 Å². The van der Waals surface area contributed by atoms with E-state index in [2.05, 4.69) is 5.32 Å². The Labute approximate surface area is 253 Å². The number of rotatable bonds is 13. The van der Waals surface area contributed by atoms with Gasteiger partial charge in [0, 0.05) is 13.1 Å². The molecular formula is C31H37Cl2N3O4S. The van der Waals surface area contributed by atoms with Gasteiger partial charge in [0.25, 0.3) is 10.0 Å². The molecule has 0 fully saturated rings. The van der Waals surface area contributed by atoms with Crippen LogP contribution in [0.5, 0.6) is 0 Å². The maximum Gasteiger partial charge on any atom is 0.264 e. The van der Waals surface area contributed by atoms with Gasteiger partial charge < -0.3 is 10.2 Å². The highest BCUT2D eigenvalue weighted by molar-refractivity contribution is 7.92. The largest absolute Gasteiger partial charge is 0.354 e. The lowest BCUT2D eigenvalue weighted by molar-refractivity contribution is -0.140. The molecule has 2 amide bonds. The summed E-state index contributed by atoms with van der Waals surface area (Å²) in [7, 11) is -4.12. The van der Waals surface area contributed by atoms with Crippen LogP contribution in [-0.4, -0.2) is 44.3 Å². The Morgan fingerprint density at radius 1 is 0.902 bits per heavy atom. The molecule has 0 heterocycles. The Morgan fingerprint density at radius 3 is 2.12 bits per heavy atom. The first-order chi connectivity index (χ1) is 19.5. The summed E-state index contributed by atoms with van der Waals surface area (Å²) in [5, 5.41) is 3.56. The van der Waals surface area contributed by atoms with Crippen molar-refractivity contribution in [1.29, 1.82) is 0 Å². The van der Waals surface area contributed by atoms with Gasteiger partial charge in [-0.25, -0.2) is 8.42 Å². The zero-order valence-electron chi connectivity index (χ0n) is 23.8. The van der Waals surface area contributed by atoms with Crippen LogP contribution < -0.4 is 9.62 Å².